The molecule has 2 nitrogen and oxygen atoms in total. The molecule has 0 fully saturated rings. The van der Waals surface area contributed by atoms with Crippen LogP contribution in [0.2, 0.25) is 0 Å². The maximum absolute atomic E-state index is 12.9. The molecule has 0 aliphatic heterocycles. The summed E-state index contributed by atoms with van der Waals surface area (Å²) in [5.41, 5.74) is 0.300. The van der Waals surface area contributed by atoms with Crippen molar-refractivity contribution >= 4 is 5.69 Å². The Bertz CT molecular complexity index is 422. The molecule has 1 aromatic carbocycles. The van der Waals surface area contributed by atoms with Crippen molar-refractivity contribution in [3.05, 3.63) is 30.1 Å². The molecular formula is C11H10F4N2. The Morgan fingerprint density at radius 3 is 2.53 bits per heavy atom. The van der Waals surface area contributed by atoms with E-state index in [9.17, 15) is 17.6 Å². The lowest BCUT2D eigenvalue weighted by atomic mass is 10.1. The van der Waals surface area contributed by atoms with Crippen LogP contribution in [0.5, 0.6) is 0 Å². The Morgan fingerprint density at radius 2 is 2.06 bits per heavy atom. The van der Waals surface area contributed by atoms with Gasteiger partial charge in [0.25, 0.3) is 0 Å². The molecule has 92 valence electrons. The molecule has 0 aromatic heterocycles. The van der Waals surface area contributed by atoms with Crippen molar-refractivity contribution in [3.63, 3.8) is 0 Å². The first kappa shape index (κ1) is 13.3. The maximum atomic E-state index is 12.9. The molecule has 0 bridgehead atoms. The Labute approximate surface area is 96.1 Å². The molecule has 0 saturated carbocycles. The topological polar surface area (TPSA) is 27.0 Å². The van der Waals surface area contributed by atoms with Gasteiger partial charge >= 0.3 is 6.18 Å². The molecule has 1 atom stereocenters. The average Bonchev–Trinajstić information content (AvgIpc) is 2.23. The van der Waals surface area contributed by atoms with E-state index in [-0.39, 0.29) is 0 Å². The third kappa shape index (κ3) is 3.63. The first-order valence-corrected chi connectivity index (χ1v) is 4.77. The fraction of sp³-hybridized carbons (Fsp3) is 0.364. The molecule has 0 saturated heterocycles. The van der Waals surface area contributed by atoms with E-state index in [0.717, 1.165) is 6.07 Å². The summed E-state index contributed by atoms with van der Waals surface area (Å²) in [6.07, 6.45) is -4.57. The molecule has 0 amide bonds. The van der Waals surface area contributed by atoms with Gasteiger partial charge in [0.05, 0.1) is 6.07 Å². The van der Waals surface area contributed by atoms with E-state index >= 15 is 0 Å². The lowest BCUT2D eigenvalue weighted by Gasteiger charge is -2.23. The van der Waals surface area contributed by atoms with Crippen LogP contribution < -0.4 is 4.90 Å². The first-order valence-electron chi connectivity index (χ1n) is 4.77. The van der Waals surface area contributed by atoms with E-state index in [0.29, 0.717) is 5.69 Å². The van der Waals surface area contributed by atoms with Gasteiger partial charge < -0.3 is 4.90 Å². The van der Waals surface area contributed by atoms with Crippen molar-refractivity contribution in [2.45, 2.75) is 6.18 Å². The van der Waals surface area contributed by atoms with E-state index in [2.05, 4.69) is 0 Å². The summed E-state index contributed by atoms with van der Waals surface area (Å²) in [4.78, 5) is 1.20. The van der Waals surface area contributed by atoms with Crippen LogP contribution in [0.3, 0.4) is 0 Å². The number of halogens is 4. The van der Waals surface area contributed by atoms with Gasteiger partial charge in [-0.2, -0.15) is 18.4 Å². The van der Waals surface area contributed by atoms with Crippen LogP contribution in [0, 0.1) is 23.1 Å². The van der Waals surface area contributed by atoms with Crippen molar-refractivity contribution in [3.8, 4) is 6.07 Å². The minimum atomic E-state index is -4.57. The van der Waals surface area contributed by atoms with E-state index in [4.69, 9.17) is 5.26 Å². The molecule has 0 spiro atoms. The third-order valence-electron chi connectivity index (χ3n) is 2.26. The minimum absolute atomic E-state index is 0.300. The summed E-state index contributed by atoms with van der Waals surface area (Å²) in [6, 6.07) is 6.39. The minimum Gasteiger partial charge on any atom is -0.373 e. The summed E-state index contributed by atoms with van der Waals surface area (Å²) in [6.45, 7) is -0.524. The smallest absolute Gasteiger partial charge is 0.373 e. The second-order valence-electron chi connectivity index (χ2n) is 3.58. The van der Waals surface area contributed by atoms with E-state index < -0.39 is 24.5 Å². The van der Waals surface area contributed by atoms with Gasteiger partial charge in [-0.25, -0.2) is 4.39 Å². The number of benzene rings is 1. The van der Waals surface area contributed by atoms with E-state index in [1.165, 1.54) is 36.2 Å². The Hall–Kier alpha value is -1.77. The van der Waals surface area contributed by atoms with Crippen molar-refractivity contribution < 1.29 is 17.6 Å². The van der Waals surface area contributed by atoms with Gasteiger partial charge in [-0.15, -0.1) is 0 Å². The van der Waals surface area contributed by atoms with Gasteiger partial charge in [0.15, 0.2) is 5.92 Å². The number of rotatable bonds is 3. The summed E-state index contributed by atoms with van der Waals surface area (Å²) >= 11 is 0. The number of anilines is 1. The molecule has 0 aliphatic rings. The highest BCUT2D eigenvalue weighted by Crippen LogP contribution is 2.27. The highest BCUT2D eigenvalue weighted by molar-refractivity contribution is 5.45. The molecule has 17 heavy (non-hydrogen) atoms. The van der Waals surface area contributed by atoms with E-state index in [1.54, 1.807) is 0 Å². The van der Waals surface area contributed by atoms with Crippen LogP contribution in [0.25, 0.3) is 0 Å². The van der Waals surface area contributed by atoms with Crippen molar-refractivity contribution in [1.82, 2.24) is 0 Å². The molecule has 0 radical (unpaired) electrons. The number of hydrogen-bond acceptors (Lipinski definition) is 2. The van der Waals surface area contributed by atoms with Crippen LogP contribution in [0.15, 0.2) is 24.3 Å². The molecule has 1 rings (SSSR count). The monoisotopic (exact) mass is 246 g/mol. The normalized spacial score (nSPS) is 12.9. The zero-order valence-electron chi connectivity index (χ0n) is 9.00. The Kier molecular flexibility index (Phi) is 3.94. The summed E-state index contributed by atoms with van der Waals surface area (Å²) < 4.78 is 49.9. The van der Waals surface area contributed by atoms with Gasteiger partial charge in [0, 0.05) is 19.3 Å². The quantitative estimate of drug-likeness (QED) is 0.766. The van der Waals surface area contributed by atoms with Gasteiger partial charge in [-0.1, -0.05) is 6.07 Å². The third-order valence-corrected chi connectivity index (χ3v) is 2.26. The Balaban J connectivity index is 2.79. The fourth-order valence-electron chi connectivity index (χ4n) is 1.31. The first-order chi connectivity index (χ1) is 7.84. The maximum Gasteiger partial charge on any atom is 0.406 e. The number of alkyl halides is 3. The van der Waals surface area contributed by atoms with E-state index in [1.807, 2.05) is 0 Å². The summed E-state index contributed by atoms with van der Waals surface area (Å²) in [5, 5.41) is 8.44. The largest absolute Gasteiger partial charge is 0.406 e. The molecule has 6 heteroatoms. The molecule has 1 aromatic rings. The van der Waals surface area contributed by atoms with Gasteiger partial charge in [0.1, 0.15) is 5.82 Å². The van der Waals surface area contributed by atoms with Gasteiger partial charge in [-0.3, -0.25) is 0 Å². The lowest BCUT2D eigenvalue weighted by Crippen LogP contribution is -2.33. The Morgan fingerprint density at radius 1 is 1.41 bits per heavy atom. The molecule has 0 aliphatic carbocycles. The number of nitrogens with zero attached hydrogens (tertiary/aromatic N) is 2. The number of nitriles is 1. The average molecular weight is 246 g/mol. The fourth-order valence-corrected chi connectivity index (χ4v) is 1.31. The SMILES string of the molecule is CN(CC(C#N)C(F)(F)F)c1cccc(F)c1. The predicted octanol–water partition coefficient (Wildman–Crippen LogP) is 2.96. The highest BCUT2D eigenvalue weighted by Gasteiger charge is 2.40. The van der Waals surface area contributed by atoms with Crippen LogP contribution in [0.1, 0.15) is 0 Å². The van der Waals surface area contributed by atoms with Crippen molar-refractivity contribution in [2.75, 3.05) is 18.5 Å². The van der Waals surface area contributed by atoms with Gasteiger partial charge in [-0.05, 0) is 18.2 Å². The van der Waals surface area contributed by atoms with Crippen LogP contribution in [0.4, 0.5) is 23.2 Å². The molecular weight excluding hydrogens is 236 g/mol. The second kappa shape index (κ2) is 5.04. The van der Waals surface area contributed by atoms with Crippen molar-refractivity contribution in [2.24, 2.45) is 5.92 Å². The van der Waals surface area contributed by atoms with Crippen LogP contribution in [-0.4, -0.2) is 19.8 Å². The number of hydrogen-bond donors (Lipinski definition) is 0. The predicted molar refractivity (Wildman–Crippen MR) is 54.8 cm³/mol. The molecule has 1 unspecified atom stereocenters. The zero-order chi connectivity index (χ0) is 13.1. The highest BCUT2D eigenvalue weighted by atomic mass is 19.4. The molecule has 0 N–H and O–H groups in total. The zero-order valence-corrected chi connectivity index (χ0v) is 9.00. The molecule has 0 heterocycles. The van der Waals surface area contributed by atoms with Crippen LogP contribution >= 0.6 is 0 Å². The standard InChI is InChI=1S/C11H10F4N2/c1-17(7-8(6-16)11(13,14)15)10-4-2-3-9(12)5-10/h2-5,8H,7H2,1H3. The second-order valence-corrected chi connectivity index (χ2v) is 3.58. The summed E-state index contributed by atoms with van der Waals surface area (Å²) in [5.74, 6) is -2.62. The van der Waals surface area contributed by atoms with Crippen molar-refractivity contribution in [1.29, 1.82) is 5.26 Å². The van der Waals surface area contributed by atoms with Gasteiger partial charge in [0.2, 0.25) is 0 Å². The lowest BCUT2D eigenvalue weighted by molar-refractivity contribution is -0.156. The van der Waals surface area contributed by atoms with Crippen LogP contribution in [-0.2, 0) is 0 Å². The summed E-state index contributed by atoms with van der Waals surface area (Å²) in [7, 11) is 1.38.